The van der Waals surface area contributed by atoms with Crippen LogP contribution in [0.5, 0.6) is 11.5 Å². The Morgan fingerprint density at radius 2 is 1.87 bits per heavy atom. The molecule has 2 unspecified atom stereocenters. The quantitative estimate of drug-likeness (QED) is 0.485. The van der Waals surface area contributed by atoms with E-state index in [-0.39, 0.29) is 17.4 Å². The number of carbonyl (C=O) groups is 2. The summed E-state index contributed by atoms with van der Waals surface area (Å²) in [5.41, 5.74) is 1.79. The number of esters is 1. The van der Waals surface area contributed by atoms with Crippen molar-refractivity contribution in [3.8, 4) is 11.5 Å². The summed E-state index contributed by atoms with van der Waals surface area (Å²) in [6, 6.07) is 10.4. The van der Waals surface area contributed by atoms with Gasteiger partial charge in [-0.2, -0.15) is 0 Å². The molecule has 0 aliphatic heterocycles. The number of pyridine rings is 1. The molecule has 1 heterocycles. The number of nitrogens with zero attached hydrogens (tertiary/aromatic N) is 1. The molecule has 0 spiro atoms. The number of nitrogens with one attached hydrogen (secondary N) is 1. The van der Waals surface area contributed by atoms with Gasteiger partial charge < -0.3 is 19.9 Å². The minimum Gasteiger partial charge on any atom is -0.503 e. The first kappa shape index (κ1) is 22.9. The summed E-state index contributed by atoms with van der Waals surface area (Å²) in [5.74, 6) is -1.63. The van der Waals surface area contributed by atoms with E-state index in [0.717, 1.165) is 11.1 Å². The molecule has 30 heavy (non-hydrogen) atoms. The van der Waals surface area contributed by atoms with Crippen LogP contribution >= 0.6 is 0 Å². The van der Waals surface area contributed by atoms with Crippen molar-refractivity contribution in [2.45, 2.75) is 39.3 Å². The fourth-order valence-corrected chi connectivity index (χ4v) is 3.07. The Morgan fingerprint density at radius 3 is 2.47 bits per heavy atom. The molecule has 0 saturated heterocycles. The first-order chi connectivity index (χ1) is 14.2. The van der Waals surface area contributed by atoms with E-state index in [4.69, 9.17) is 9.47 Å². The van der Waals surface area contributed by atoms with Gasteiger partial charge in [0.1, 0.15) is 12.1 Å². The number of methoxy groups -OCH3 is 1. The van der Waals surface area contributed by atoms with Crippen LogP contribution in [0.2, 0.25) is 0 Å². The first-order valence-electron chi connectivity index (χ1n) is 9.67. The third kappa shape index (κ3) is 5.83. The normalized spacial score (nSPS) is 13.6. The molecule has 0 aliphatic carbocycles. The van der Waals surface area contributed by atoms with Crippen molar-refractivity contribution in [1.29, 1.82) is 0 Å². The summed E-state index contributed by atoms with van der Waals surface area (Å²) >= 11 is 0. The van der Waals surface area contributed by atoms with Crippen LogP contribution in [0.25, 0.3) is 0 Å². The lowest BCUT2D eigenvalue weighted by Crippen LogP contribution is -2.42. The molecule has 0 fully saturated rings. The zero-order valence-corrected chi connectivity index (χ0v) is 17.7. The van der Waals surface area contributed by atoms with Crippen LogP contribution in [0.4, 0.5) is 0 Å². The van der Waals surface area contributed by atoms with Crippen LogP contribution in [0.1, 0.15) is 36.8 Å². The van der Waals surface area contributed by atoms with Gasteiger partial charge in [-0.25, -0.2) is 9.78 Å². The van der Waals surface area contributed by atoms with Crippen molar-refractivity contribution in [1.82, 2.24) is 10.3 Å². The summed E-state index contributed by atoms with van der Waals surface area (Å²) in [7, 11) is 1.37. The molecule has 160 valence electrons. The van der Waals surface area contributed by atoms with E-state index < -0.39 is 29.8 Å². The van der Waals surface area contributed by atoms with Crippen LogP contribution < -0.4 is 10.1 Å². The van der Waals surface area contributed by atoms with Crippen molar-refractivity contribution in [2.75, 3.05) is 7.11 Å². The Hall–Kier alpha value is -3.35. The Bertz CT molecular complexity index is 898. The van der Waals surface area contributed by atoms with E-state index in [2.05, 4.69) is 16.9 Å². The van der Waals surface area contributed by atoms with Crippen molar-refractivity contribution in [3.05, 3.63) is 66.0 Å². The van der Waals surface area contributed by atoms with Crippen LogP contribution in [0.3, 0.4) is 0 Å². The van der Waals surface area contributed by atoms with Crippen LogP contribution in [0.15, 0.2) is 54.7 Å². The second-order valence-electron chi connectivity index (χ2n) is 7.19. The molecule has 0 saturated carbocycles. The Labute approximate surface area is 176 Å². The smallest absolute Gasteiger partial charge is 0.328 e. The third-order valence-electron chi connectivity index (χ3n) is 4.82. The summed E-state index contributed by atoms with van der Waals surface area (Å²) in [6.07, 6.45) is 1.59. The molecule has 0 bridgehead atoms. The Balaban J connectivity index is 2.01. The average Bonchev–Trinajstić information content (AvgIpc) is 2.72. The summed E-state index contributed by atoms with van der Waals surface area (Å²) in [5, 5.41) is 12.6. The summed E-state index contributed by atoms with van der Waals surface area (Å²) in [4.78, 5) is 28.8. The molecule has 1 aromatic carbocycles. The number of aromatic nitrogens is 1. The number of benzene rings is 1. The number of amides is 1. The number of hydrogen-bond donors (Lipinski definition) is 2. The zero-order chi connectivity index (χ0) is 22.3. The second-order valence-corrected chi connectivity index (χ2v) is 7.19. The zero-order valence-electron chi connectivity index (χ0n) is 17.7. The van der Waals surface area contributed by atoms with Gasteiger partial charge in [-0.3, -0.25) is 4.79 Å². The standard InChI is InChI=1S/C23H28N2O5/c1-14(2)18(13-17-9-7-6-8-10-17)16(4)30-23(28)15(3)25-22(27)20-21(26)19(29-5)11-12-24-20/h6-12,15-16,18,26H,1,13H2,2-5H3,(H,25,27)/t15-,16?,18?/m0/s1. The highest BCUT2D eigenvalue weighted by Crippen LogP contribution is 2.27. The number of aromatic hydroxyl groups is 1. The SMILES string of the molecule is C=C(C)C(Cc1ccccc1)C(C)OC(=O)[C@H](C)NC(=O)c1nccc(OC)c1O. The topological polar surface area (TPSA) is 97.8 Å². The van der Waals surface area contributed by atoms with E-state index in [1.807, 2.05) is 44.2 Å². The molecule has 0 radical (unpaired) electrons. The fourth-order valence-electron chi connectivity index (χ4n) is 3.07. The lowest BCUT2D eigenvalue weighted by atomic mass is 9.89. The van der Waals surface area contributed by atoms with Gasteiger partial charge in [-0.05, 0) is 32.8 Å². The fraction of sp³-hybridized carbons (Fsp3) is 0.348. The van der Waals surface area contributed by atoms with Crippen molar-refractivity contribution in [3.63, 3.8) is 0 Å². The molecule has 2 N–H and O–H groups in total. The van der Waals surface area contributed by atoms with E-state index in [9.17, 15) is 14.7 Å². The number of ether oxygens (including phenoxy) is 2. The minimum atomic E-state index is -0.935. The number of rotatable bonds is 9. The minimum absolute atomic E-state index is 0.0663. The van der Waals surface area contributed by atoms with Gasteiger partial charge in [0.05, 0.1) is 7.11 Å². The molecular formula is C23H28N2O5. The first-order valence-corrected chi connectivity index (χ1v) is 9.67. The highest BCUT2D eigenvalue weighted by atomic mass is 16.5. The molecule has 1 amide bonds. The molecule has 0 aliphatic rings. The third-order valence-corrected chi connectivity index (χ3v) is 4.82. The molecule has 7 heteroatoms. The molecule has 1 aromatic heterocycles. The van der Waals surface area contributed by atoms with Crippen LogP contribution in [0, 0.1) is 5.92 Å². The van der Waals surface area contributed by atoms with Gasteiger partial charge in [0.25, 0.3) is 5.91 Å². The van der Waals surface area contributed by atoms with Gasteiger partial charge in [0, 0.05) is 18.2 Å². The summed E-state index contributed by atoms with van der Waals surface area (Å²) < 4.78 is 10.6. The van der Waals surface area contributed by atoms with E-state index in [1.54, 1.807) is 0 Å². The van der Waals surface area contributed by atoms with E-state index in [0.29, 0.717) is 6.42 Å². The predicted octanol–water partition coefficient (Wildman–Crippen LogP) is 3.28. The monoisotopic (exact) mass is 412 g/mol. The average molecular weight is 412 g/mol. The van der Waals surface area contributed by atoms with Gasteiger partial charge in [0.2, 0.25) is 0 Å². The lowest BCUT2D eigenvalue weighted by Gasteiger charge is -2.26. The molecule has 2 aromatic rings. The van der Waals surface area contributed by atoms with Crippen molar-refractivity contribution in [2.24, 2.45) is 5.92 Å². The molecular weight excluding hydrogens is 384 g/mol. The number of hydrogen-bond acceptors (Lipinski definition) is 6. The molecule has 7 nitrogen and oxygen atoms in total. The second kappa shape index (κ2) is 10.4. The molecule has 2 rings (SSSR count). The van der Waals surface area contributed by atoms with Gasteiger partial charge in [-0.15, -0.1) is 0 Å². The van der Waals surface area contributed by atoms with Gasteiger partial charge >= 0.3 is 5.97 Å². The maximum Gasteiger partial charge on any atom is 0.328 e. The predicted molar refractivity (Wildman–Crippen MR) is 113 cm³/mol. The van der Waals surface area contributed by atoms with Crippen molar-refractivity contribution >= 4 is 11.9 Å². The largest absolute Gasteiger partial charge is 0.503 e. The maximum absolute atomic E-state index is 12.5. The van der Waals surface area contributed by atoms with Gasteiger partial charge in [0.15, 0.2) is 17.2 Å². The summed E-state index contributed by atoms with van der Waals surface area (Å²) in [6.45, 7) is 9.25. The maximum atomic E-state index is 12.5. The lowest BCUT2D eigenvalue weighted by molar-refractivity contribution is -0.152. The van der Waals surface area contributed by atoms with Gasteiger partial charge in [-0.1, -0.05) is 42.5 Å². The van der Waals surface area contributed by atoms with Crippen molar-refractivity contribution < 1.29 is 24.2 Å². The van der Waals surface area contributed by atoms with Crippen LogP contribution in [-0.4, -0.2) is 41.2 Å². The molecule has 3 atom stereocenters. The van der Waals surface area contributed by atoms with E-state index >= 15 is 0 Å². The number of carbonyl (C=O) groups excluding carboxylic acids is 2. The highest BCUT2D eigenvalue weighted by molar-refractivity contribution is 5.97. The van der Waals surface area contributed by atoms with E-state index in [1.165, 1.54) is 26.3 Å². The van der Waals surface area contributed by atoms with Crippen LogP contribution in [-0.2, 0) is 16.0 Å². The highest BCUT2D eigenvalue weighted by Gasteiger charge is 2.27. The Kier molecular flexibility index (Phi) is 7.98. The Morgan fingerprint density at radius 1 is 1.20 bits per heavy atom.